The normalized spacial score (nSPS) is 13.7. The summed E-state index contributed by atoms with van der Waals surface area (Å²) >= 11 is 0. The smallest absolute Gasteiger partial charge is 0.314 e. The minimum Gasteiger partial charge on any atom is -0.314 e. The monoisotopic (exact) mass is 267 g/mol. The van der Waals surface area contributed by atoms with Crippen molar-refractivity contribution in [3.05, 3.63) is 35.4 Å². The largest absolute Gasteiger partial charge is 0.390 e. The van der Waals surface area contributed by atoms with Crippen molar-refractivity contribution < 1.29 is 22.0 Å². The maximum Gasteiger partial charge on any atom is 0.390 e. The highest BCUT2D eigenvalue weighted by Gasteiger charge is 2.31. The molecule has 0 bridgehead atoms. The summed E-state index contributed by atoms with van der Waals surface area (Å²) in [6, 6.07) is 1.97. The molecular formula is C12H14F5N. The Hall–Kier alpha value is -1.17. The molecule has 0 saturated heterocycles. The van der Waals surface area contributed by atoms with Gasteiger partial charge in [-0.05, 0) is 24.6 Å². The van der Waals surface area contributed by atoms with Crippen molar-refractivity contribution in [3.8, 4) is 0 Å². The number of hydrogen-bond acceptors (Lipinski definition) is 1. The lowest BCUT2D eigenvalue weighted by Crippen LogP contribution is -2.35. The van der Waals surface area contributed by atoms with E-state index < -0.39 is 30.3 Å². The van der Waals surface area contributed by atoms with Crippen molar-refractivity contribution >= 4 is 0 Å². The summed E-state index contributed by atoms with van der Waals surface area (Å²) in [4.78, 5) is 0. The van der Waals surface area contributed by atoms with E-state index in [-0.39, 0.29) is 12.0 Å². The molecule has 0 heterocycles. The van der Waals surface area contributed by atoms with E-state index in [1.165, 1.54) is 6.07 Å². The number of benzene rings is 1. The van der Waals surface area contributed by atoms with Gasteiger partial charge in [-0.1, -0.05) is 13.0 Å². The molecule has 0 radical (unpaired) electrons. The van der Waals surface area contributed by atoms with Crippen molar-refractivity contribution in [2.75, 3.05) is 6.54 Å². The van der Waals surface area contributed by atoms with Crippen molar-refractivity contribution in [1.29, 1.82) is 0 Å². The van der Waals surface area contributed by atoms with Gasteiger partial charge in [0.25, 0.3) is 0 Å². The van der Waals surface area contributed by atoms with Gasteiger partial charge in [-0.2, -0.15) is 13.2 Å². The second-order valence-corrected chi connectivity index (χ2v) is 4.01. The number of likely N-dealkylation sites (N-methyl/N-ethyl adjacent to an activating group) is 1. The Balaban J connectivity index is 2.76. The van der Waals surface area contributed by atoms with E-state index in [2.05, 4.69) is 5.32 Å². The van der Waals surface area contributed by atoms with Gasteiger partial charge in [0.15, 0.2) is 0 Å². The van der Waals surface area contributed by atoms with Crippen LogP contribution in [0.5, 0.6) is 0 Å². The first-order valence-corrected chi connectivity index (χ1v) is 5.56. The summed E-state index contributed by atoms with van der Waals surface area (Å²) < 4.78 is 62.9. The summed E-state index contributed by atoms with van der Waals surface area (Å²) in [6.07, 6.45) is -5.49. The summed E-state index contributed by atoms with van der Waals surface area (Å²) in [7, 11) is 0. The fraction of sp³-hybridized carbons (Fsp3) is 0.500. The van der Waals surface area contributed by atoms with E-state index in [1.54, 1.807) is 6.92 Å². The molecule has 102 valence electrons. The molecule has 0 aliphatic rings. The van der Waals surface area contributed by atoms with Gasteiger partial charge in [0.1, 0.15) is 11.6 Å². The molecule has 0 fully saturated rings. The Morgan fingerprint density at radius 2 is 1.89 bits per heavy atom. The molecule has 0 amide bonds. The highest BCUT2D eigenvalue weighted by atomic mass is 19.4. The first-order valence-electron chi connectivity index (χ1n) is 5.56. The second-order valence-electron chi connectivity index (χ2n) is 4.01. The molecule has 1 unspecified atom stereocenters. The van der Waals surface area contributed by atoms with E-state index in [1.807, 2.05) is 0 Å². The molecule has 1 aromatic carbocycles. The Labute approximate surface area is 102 Å². The van der Waals surface area contributed by atoms with Crippen LogP contribution in [0.1, 0.15) is 18.9 Å². The molecule has 0 aliphatic heterocycles. The van der Waals surface area contributed by atoms with Crippen LogP contribution in [0.3, 0.4) is 0 Å². The maximum atomic E-state index is 13.3. The predicted molar refractivity (Wildman–Crippen MR) is 58.2 cm³/mol. The molecule has 1 atom stereocenters. The standard InChI is InChI=1S/C12H14F5N/c1-2-18-10(7-12(15,16)17)5-8-3-4-9(13)6-11(8)14/h3-4,6,10,18H,2,5,7H2,1H3. The van der Waals surface area contributed by atoms with Crippen LogP contribution in [-0.2, 0) is 6.42 Å². The molecule has 6 heteroatoms. The van der Waals surface area contributed by atoms with Crippen LogP contribution in [0.4, 0.5) is 22.0 Å². The summed E-state index contributed by atoms with van der Waals surface area (Å²) in [6.45, 7) is 2.02. The molecule has 18 heavy (non-hydrogen) atoms. The first-order chi connectivity index (χ1) is 8.31. The first kappa shape index (κ1) is 14.9. The molecular weight excluding hydrogens is 253 g/mol. The Morgan fingerprint density at radius 1 is 1.22 bits per heavy atom. The lowest BCUT2D eigenvalue weighted by molar-refractivity contribution is -0.139. The Kier molecular flexibility index (Phi) is 5.07. The van der Waals surface area contributed by atoms with Gasteiger partial charge in [-0.15, -0.1) is 0 Å². The predicted octanol–water partition coefficient (Wildman–Crippen LogP) is 3.44. The van der Waals surface area contributed by atoms with Crippen LogP contribution in [0, 0.1) is 11.6 Å². The van der Waals surface area contributed by atoms with Gasteiger partial charge in [-0.3, -0.25) is 0 Å². The number of halogens is 5. The van der Waals surface area contributed by atoms with Gasteiger partial charge < -0.3 is 5.32 Å². The Bertz CT molecular complexity index is 389. The summed E-state index contributed by atoms with van der Waals surface area (Å²) in [5.74, 6) is -1.56. The average molecular weight is 267 g/mol. The topological polar surface area (TPSA) is 12.0 Å². The summed E-state index contributed by atoms with van der Waals surface area (Å²) in [5, 5.41) is 2.65. The van der Waals surface area contributed by atoms with Gasteiger partial charge in [-0.25, -0.2) is 8.78 Å². The van der Waals surface area contributed by atoms with Crippen LogP contribution in [0.2, 0.25) is 0 Å². The van der Waals surface area contributed by atoms with Crippen LogP contribution < -0.4 is 5.32 Å². The Morgan fingerprint density at radius 3 is 2.39 bits per heavy atom. The molecule has 0 saturated carbocycles. The SMILES string of the molecule is CCNC(Cc1ccc(F)cc1F)CC(F)(F)F. The third-order valence-corrected chi connectivity index (χ3v) is 2.45. The van der Waals surface area contributed by atoms with E-state index >= 15 is 0 Å². The van der Waals surface area contributed by atoms with Gasteiger partial charge in [0.2, 0.25) is 0 Å². The average Bonchev–Trinajstić information content (AvgIpc) is 2.20. The van der Waals surface area contributed by atoms with E-state index in [0.717, 1.165) is 6.07 Å². The van der Waals surface area contributed by atoms with Crippen LogP contribution in [0.15, 0.2) is 18.2 Å². The van der Waals surface area contributed by atoms with Crippen LogP contribution in [-0.4, -0.2) is 18.8 Å². The molecule has 1 nitrogen and oxygen atoms in total. The number of rotatable bonds is 5. The van der Waals surface area contributed by atoms with Gasteiger partial charge in [0, 0.05) is 12.1 Å². The number of nitrogens with one attached hydrogen (secondary N) is 1. The van der Waals surface area contributed by atoms with Crippen molar-refractivity contribution in [2.24, 2.45) is 0 Å². The zero-order valence-corrected chi connectivity index (χ0v) is 9.82. The third-order valence-electron chi connectivity index (χ3n) is 2.45. The molecule has 1 N–H and O–H groups in total. The van der Waals surface area contributed by atoms with Crippen molar-refractivity contribution in [3.63, 3.8) is 0 Å². The summed E-state index contributed by atoms with van der Waals surface area (Å²) in [5.41, 5.74) is 0.0756. The molecule has 0 aromatic heterocycles. The lowest BCUT2D eigenvalue weighted by Gasteiger charge is -2.19. The minimum absolute atomic E-state index is 0.0756. The number of hydrogen-bond donors (Lipinski definition) is 1. The maximum absolute atomic E-state index is 13.3. The highest BCUT2D eigenvalue weighted by Crippen LogP contribution is 2.24. The molecule has 1 rings (SSSR count). The zero-order chi connectivity index (χ0) is 13.8. The van der Waals surface area contributed by atoms with E-state index in [9.17, 15) is 22.0 Å². The second kappa shape index (κ2) is 6.13. The fourth-order valence-corrected chi connectivity index (χ4v) is 1.74. The van der Waals surface area contributed by atoms with Crippen molar-refractivity contribution in [2.45, 2.75) is 32.0 Å². The van der Waals surface area contributed by atoms with E-state index in [0.29, 0.717) is 12.6 Å². The third kappa shape index (κ3) is 5.00. The van der Waals surface area contributed by atoms with Crippen molar-refractivity contribution in [1.82, 2.24) is 5.32 Å². The van der Waals surface area contributed by atoms with E-state index in [4.69, 9.17) is 0 Å². The minimum atomic E-state index is -4.32. The quantitative estimate of drug-likeness (QED) is 0.806. The zero-order valence-electron chi connectivity index (χ0n) is 9.82. The lowest BCUT2D eigenvalue weighted by atomic mass is 10.0. The molecule has 0 aliphatic carbocycles. The highest BCUT2D eigenvalue weighted by molar-refractivity contribution is 5.19. The molecule has 1 aromatic rings. The van der Waals surface area contributed by atoms with Crippen LogP contribution in [0.25, 0.3) is 0 Å². The van der Waals surface area contributed by atoms with Crippen LogP contribution >= 0.6 is 0 Å². The van der Waals surface area contributed by atoms with Gasteiger partial charge in [0.05, 0.1) is 6.42 Å². The molecule has 0 spiro atoms. The fourth-order valence-electron chi connectivity index (χ4n) is 1.74. The number of alkyl halides is 3. The van der Waals surface area contributed by atoms with Gasteiger partial charge >= 0.3 is 6.18 Å².